The van der Waals surface area contributed by atoms with Crippen LogP contribution in [0.1, 0.15) is 19.0 Å². The average molecular weight is 271 g/mol. The number of carboxylic acid groups (broad SMARTS) is 1. The van der Waals surface area contributed by atoms with Crippen LogP contribution in [-0.2, 0) is 21.9 Å². The quantitative estimate of drug-likeness (QED) is 0.511. The summed E-state index contributed by atoms with van der Waals surface area (Å²) in [5.41, 5.74) is 1.12. The van der Waals surface area contributed by atoms with Crippen LogP contribution in [0.3, 0.4) is 0 Å². The Morgan fingerprint density at radius 3 is 3.11 bits per heavy atom. The Morgan fingerprint density at radius 2 is 2.50 bits per heavy atom. The van der Waals surface area contributed by atoms with E-state index in [-0.39, 0.29) is 0 Å². The van der Waals surface area contributed by atoms with E-state index in [1.807, 2.05) is 17.7 Å². The number of aliphatic carboxylic acids is 1. The highest BCUT2D eigenvalue weighted by Crippen LogP contribution is 2.13. The lowest BCUT2D eigenvalue weighted by Crippen LogP contribution is -2.36. The highest BCUT2D eigenvalue weighted by molar-refractivity contribution is 7.98. The molecule has 7 heteroatoms. The summed E-state index contributed by atoms with van der Waals surface area (Å²) in [6.45, 7) is 2.92. The molecule has 0 saturated carbocycles. The van der Waals surface area contributed by atoms with Gasteiger partial charge < -0.3 is 15.0 Å². The third-order valence-corrected chi connectivity index (χ3v) is 3.53. The third kappa shape index (κ3) is 4.40. The van der Waals surface area contributed by atoms with Crippen LogP contribution >= 0.6 is 11.8 Å². The summed E-state index contributed by atoms with van der Waals surface area (Å²) in [5, 5.41) is 11.1. The number of carbonyl (C=O) groups is 2. The van der Waals surface area contributed by atoms with Gasteiger partial charge in [-0.3, -0.25) is 4.79 Å². The van der Waals surface area contributed by atoms with Crippen LogP contribution in [0.5, 0.6) is 0 Å². The van der Waals surface area contributed by atoms with Gasteiger partial charge in [0.05, 0.1) is 6.33 Å². The van der Waals surface area contributed by atoms with E-state index in [9.17, 15) is 9.59 Å². The summed E-state index contributed by atoms with van der Waals surface area (Å²) in [6, 6.07) is -0.800. The predicted octanol–water partition coefficient (Wildman–Crippen LogP) is 0.725. The summed E-state index contributed by atoms with van der Waals surface area (Å²) >= 11 is 1.63. The fourth-order valence-corrected chi connectivity index (χ4v) is 2.49. The number of aromatic nitrogens is 2. The first-order chi connectivity index (χ1) is 8.69. The van der Waals surface area contributed by atoms with Gasteiger partial charge in [-0.1, -0.05) is 0 Å². The number of nitrogens with one attached hydrogen (secondary N) is 1. The fraction of sp³-hybridized carbons (Fsp3) is 0.545. The van der Waals surface area contributed by atoms with Crippen LogP contribution in [0.25, 0.3) is 0 Å². The van der Waals surface area contributed by atoms with Crippen molar-refractivity contribution in [1.29, 1.82) is 0 Å². The molecule has 1 aromatic heterocycles. The monoisotopic (exact) mass is 271 g/mol. The minimum Gasteiger partial charge on any atom is -0.480 e. The van der Waals surface area contributed by atoms with Crippen molar-refractivity contribution >= 4 is 24.1 Å². The maximum atomic E-state index is 10.8. The first-order valence-electron chi connectivity index (χ1n) is 5.68. The second-order valence-electron chi connectivity index (χ2n) is 3.69. The molecule has 1 amide bonds. The molecule has 0 bridgehead atoms. The molecule has 1 rings (SSSR count). The van der Waals surface area contributed by atoms with Crippen molar-refractivity contribution in [1.82, 2.24) is 14.9 Å². The van der Waals surface area contributed by atoms with Crippen LogP contribution in [0.4, 0.5) is 0 Å². The van der Waals surface area contributed by atoms with Crippen molar-refractivity contribution in [3.05, 3.63) is 18.2 Å². The summed E-state index contributed by atoms with van der Waals surface area (Å²) in [5.74, 6) is 0.467. The number of amides is 1. The Labute approximate surface area is 110 Å². The molecule has 6 nitrogen and oxygen atoms in total. The molecule has 0 fully saturated rings. The lowest BCUT2D eigenvalue weighted by Gasteiger charge is -2.10. The van der Waals surface area contributed by atoms with Gasteiger partial charge >= 0.3 is 5.97 Å². The van der Waals surface area contributed by atoms with Crippen LogP contribution in [0, 0.1) is 0 Å². The van der Waals surface area contributed by atoms with Crippen LogP contribution in [0.15, 0.2) is 12.5 Å². The standard InChI is InChI=1S/C11H17N3O3S/c1-2-14-7-12-5-9(14)6-18-4-3-10(11(16)17)13-8-15/h5,7-8,10H,2-4,6H2,1H3,(H,13,15)(H,16,17). The van der Waals surface area contributed by atoms with E-state index in [0.29, 0.717) is 18.6 Å². The highest BCUT2D eigenvalue weighted by atomic mass is 32.2. The molecule has 0 spiro atoms. The Balaban J connectivity index is 2.29. The number of rotatable bonds is 9. The molecule has 100 valence electrons. The SMILES string of the molecule is CCn1cncc1CSCCC(NC=O)C(=O)O. The molecule has 0 aromatic carbocycles. The maximum Gasteiger partial charge on any atom is 0.326 e. The second-order valence-corrected chi connectivity index (χ2v) is 4.79. The van der Waals surface area contributed by atoms with E-state index >= 15 is 0 Å². The van der Waals surface area contributed by atoms with Crippen LogP contribution in [-0.4, -0.2) is 38.8 Å². The number of hydrogen-bond donors (Lipinski definition) is 2. The van der Waals surface area contributed by atoms with Crippen LogP contribution < -0.4 is 5.32 Å². The zero-order valence-corrected chi connectivity index (χ0v) is 11.0. The largest absolute Gasteiger partial charge is 0.480 e. The van der Waals surface area contributed by atoms with Crippen molar-refractivity contribution in [3.63, 3.8) is 0 Å². The molecule has 0 saturated heterocycles. The van der Waals surface area contributed by atoms with E-state index < -0.39 is 12.0 Å². The lowest BCUT2D eigenvalue weighted by atomic mass is 10.2. The van der Waals surface area contributed by atoms with Gasteiger partial charge in [0.25, 0.3) is 0 Å². The zero-order valence-electron chi connectivity index (χ0n) is 10.2. The molecule has 1 aromatic rings. The van der Waals surface area contributed by atoms with E-state index in [4.69, 9.17) is 5.11 Å². The lowest BCUT2D eigenvalue weighted by molar-refractivity contribution is -0.140. The number of nitrogens with zero attached hydrogens (tertiary/aromatic N) is 2. The third-order valence-electron chi connectivity index (χ3n) is 2.51. The summed E-state index contributed by atoms with van der Waals surface area (Å²) < 4.78 is 2.05. The molecule has 0 radical (unpaired) electrons. The van der Waals surface area contributed by atoms with Crippen molar-refractivity contribution in [2.24, 2.45) is 0 Å². The molecule has 2 N–H and O–H groups in total. The molecule has 0 aliphatic rings. The summed E-state index contributed by atoms with van der Waals surface area (Å²) in [6.07, 6.45) is 4.44. The average Bonchev–Trinajstić information content (AvgIpc) is 2.80. The molecular formula is C11H17N3O3S. The Morgan fingerprint density at radius 1 is 1.72 bits per heavy atom. The Bertz CT molecular complexity index is 395. The Kier molecular flexibility index (Phi) is 6.27. The second kappa shape index (κ2) is 7.75. The fourth-order valence-electron chi connectivity index (χ4n) is 1.49. The smallest absolute Gasteiger partial charge is 0.326 e. The first-order valence-corrected chi connectivity index (χ1v) is 6.83. The van der Waals surface area contributed by atoms with Gasteiger partial charge in [0, 0.05) is 24.2 Å². The van der Waals surface area contributed by atoms with Crippen molar-refractivity contribution < 1.29 is 14.7 Å². The van der Waals surface area contributed by atoms with E-state index in [0.717, 1.165) is 18.0 Å². The molecule has 1 heterocycles. The van der Waals surface area contributed by atoms with Gasteiger partial charge in [-0.05, 0) is 19.1 Å². The van der Waals surface area contributed by atoms with Crippen molar-refractivity contribution in [2.75, 3.05) is 5.75 Å². The number of carboxylic acids is 1. The predicted molar refractivity (Wildman–Crippen MR) is 69.3 cm³/mol. The minimum absolute atomic E-state index is 0.416. The summed E-state index contributed by atoms with van der Waals surface area (Å²) in [7, 11) is 0. The van der Waals surface area contributed by atoms with Gasteiger partial charge in [-0.15, -0.1) is 0 Å². The molecule has 18 heavy (non-hydrogen) atoms. The number of aryl methyl sites for hydroxylation is 1. The van der Waals surface area contributed by atoms with E-state index in [1.165, 1.54) is 0 Å². The van der Waals surface area contributed by atoms with Gasteiger partial charge in [-0.25, -0.2) is 9.78 Å². The Hall–Kier alpha value is -1.50. The molecule has 0 aliphatic carbocycles. The topological polar surface area (TPSA) is 84.2 Å². The number of thioether (sulfide) groups is 1. The highest BCUT2D eigenvalue weighted by Gasteiger charge is 2.15. The molecule has 1 atom stereocenters. The van der Waals surface area contributed by atoms with E-state index in [2.05, 4.69) is 10.3 Å². The molecule has 0 aliphatic heterocycles. The van der Waals surface area contributed by atoms with Crippen molar-refractivity contribution in [3.8, 4) is 0 Å². The first kappa shape index (κ1) is 14.6. The number of hydrogen-bond acceptors (Lipinski definition) is 4. The van der Waals surface area contributed by atoms with Gasteiger partial charge in [0.2, 0.25) is 6.41 Å². The minimum atomic E-state index is -0.999. The van der Waals surface area contributed by atoms with Crippen LogP contribution in [0.2, 0.25) is 0 Å². The van der Waals surface area contributed by atoms with Crippen molar-refractivity contribution in [2.45, 2.75) is 31.7 Å². The maximum absolute atomic E-state index is 10.8. The molecular weight excluding hydrogens is 254 g/mol. The summed E-state index contributed by atoms with van der Waals surface area (Å²) in [4.78, 5) is 25.1. The zero-order chi connectivity index (χ0) is 13.4. The van der Waals surface area contributed by atoms with Gasteiger partial charge in [0.15, 0.2) is 0 Å². The molecule has 1 unspecified atom stereocenters. The van der Waals surface area contributed by atoms with Gasteiger partial charge in [-0.2, -0.15) is 11.8 Å². The number of carbonyl (C=O) groups excluding carboxylic acids is 1. The van der Waals surface area contributed by atoms with Gasteiger partial charge in [0.1, 0.15) is 6.04 Å². The normalized spacial score (nSPS) is 12.1. The number of imidazole rings is 1. The van der Waals surface area contributed by atoms with E-state index in [1.54, 1.807) is 18.1 Å².